The maximum atomic E-state index is 12.7. The number of pyridine rings is 1. The highest BCUT2D eigenvalue weighted by atomic mass is 19.4. The van der Waals surface area contributed by atoms with Crippen LogP contribution in [0.2, 0.25) is 0 Å². The van der Waals surface area contributed by atoms with Crippen molar-refractivity contribution in [1.82, 2.24) is 9.88 Å². The van der Waals surface area contributed by atoms with E-state index in [0.717, 1.165) is 24.5 Å². The second-order valence-corrected chi connectivity index (χ2v) is 7.04. The van der Waals surface area contributed by atoms with Crippen LogP contribution >= 0.6 is 0 Å². The van der Waals surface area contributed by atoms with Gasteiger partial charge in [0.25, 0.3) is 0 Å². The number of likely N-dealkylation sites (tertiary alicyclic amines) is 1. The molecule has 1 amide bonds. The number of aromatic nitrogens is 1. The van der Waals surface area contributed by atoms with Gasteiger partial charge >= 0.3 is 6.18 Å². The highest BCUT2D eigenvalue weighted by Gasteiger charge is 2.44. The smallest absolute Gasteiger partial charge is 0.379 e. The zero-order chi connectivity index (χ0) is 17.5. The van der Waals surface area contributed by atoms with Crippen molar-refractivity contribution >= 4 is 5.91 Å². The van der Waals surface area contributed by atoms with Gasteiger partial charge in [0.2, 0.25) is 5.91 Å². The van der Waals surface area contributed by atoms with Gasteiger partial charge in [0, 0.05) is 19.3 Å². The molecular weight excluding hydrogens is 321 g/mol. The van der Waals surface area contributed by atoms with Gasteiger partial charge in [0.1, 0.15) is 5.69 Å². The van der Waals surface area contributed by atoms with E-state index in [4.69, 9.17) is 4.74 Å². The molecule has 2 aliphatic heterocycles. The van der Waals surface area contributed by atoms with Gasteiger partial charge in [-0.05, 0) is 49.8 Å². The topological polar surface area (TPSA) is 42.4 Å². The number of carbonyl (C=O) groups is 1. The maximum Gasteiger partial charge on any atom is 0.433 e. The molecule has 0 spiro atoms. The van der Waals surface area contributed by atoms with Crippen LogP contribution in [0.4, 0.5) is 13.2 Å². The molecule has 0 aromatic carbocycles. The Morgan fingerprint density at radius 2 is 1.96 bits per heavy atom. The Hall–Kier alpha value is -1.63. The molecule has 1 aromatic rings. The van der Waals surface area contributed by atoms with E-state index in [1.165, 1.54) is 6.20 Å². The Morgan fingerprint density at radius 3 is 2.42 bits per heavy atom. The monoisotopic (exact) mass is 342 g/mol. The Kier molecular flexibility index (Phi) is 4.32. The number of ether oxygens (including phenoxy) is 1. The summed E-state index contributed by atoms with van der Waals surface area (Å²) in [5, 5.41) is 0. The second kappa shape index (κ2) is 6.02. The lowest BCUT2D eigenvalue weighted by atomic mass is 9.84. The standard InChI is InChI=1S/C17H21F3N2O2/c1-11-7-14(17(18,19)20)21-8-13(11)12-3-5-22(6-4-12)15(23)16(2)9-24-10-16/h7-8,12H,3-6,9-10H2,1-2H3. The Balaban J connectivity index is 1.65. The molecule has 0 saturated carbocycles. The second-order valence-electron chi connectivity index (χ2n) is 7.04. The van der Waals surface area contributed by atoms with Crippen LogP contribution in [0.15, 0.2) is 12.3 Å². The summed E-state index contributed by atoms with van der Waals surface area (Å²) in [6.07, 6.45) is -1.58. The summed E-state index contributed by atoms with van der Waals surface area (Å²) >= 11 is 0. The van der Waals surface area contributed by atoms with E-state index in [1.54, 1.807) is 6.92 Å². The van der Waals surface area contributed by atoms with E-state index < -0.39 is 17.3 Å². The zero-order valence-corrected chi connectivity index (χ0v) is 13.8. The van der Waals surface area contributed by atoms with Gasteiger partial charge in [-0.1, -0.05) is 0 Å². The molecule has 0 unspecified atom stereocenters. The summed E-state index contributed by atoms with van der Waals surface area (Å²) in [5.41, 5.74) is 0.211. The number of hydrogen-bond donors (Lipinski definition) is 0. The third kappa shape index (κ3) is 3.14. The van der Waals surface area contributed by atoms with Gasteiger partial charge in [0.15, 0.2) is 0 Å². The van der Waals surface area contributed by atoms with Crippen molar-refractivity contribution in [3.63, 3.8) is 0 Å². The van der Waals surface area contributed by atoms with Crippen LogP contribution in [0, 0.1) is 12.3 Å². The highest BCUT2D eigenvalue weighted by Crippen LogP contribution is 2.35. The first-order chi connectivity index (χ1) is 11.2. The normalized spacial score (nSPS) is 21.5. The van der Waals surface area contributed by atoms with Crippen LogP contribution in [0.25, 0.3) is 0 Å². The third-order valence-electron chi connectivity index (χ3n) is 5.02. The van der Waals surface area contributed by atoms with Crippen molar-refractivity contribution in [3.8, 4) is 0 Å². The van der Waals surface area contributed by atoms with Crippen LogP contribution in [0.1, 0.15) is 42.5 Å². The van der Waals surface area contributed by atoms with Crippen LogP contribution in [-0.2, 0) is 15.7 Å². The van der Waals surface area contributed by atoms with Crippen LogP contribution in [0.3, 0.4) is 0 Å². The first-order valence-corrected chi connectivity index (χ1v) is 8.11. The molecule has 0 bridgehead atoms. The maximum absolute atomic E-state index is 12.7. The fourth-order valence-corrected chi connectivity index (χ4v) is 3.46. The van der Waals surface area contributed by atoms with Gasteiger partial charge in [-0.25, -0.2) is 0 Å². The van der Waals surface area contributed by atoms with Crippen LogP contribution in [-0.4, -0.2) is 42.1 Å². The minimum absolute atomic E-state index is 0.120. The molecule has 132 valence electrons. The SMILES string of the molecule is Cc1cc(C(F)(F)F)ncc1C1CCN(C(=O)C2(C)COC2)CC1. The highest BCUT2D eigenvalue weighted by molar-refractivity contribution is 5.83. The molecule has 4 nitrogen and oxygen atoms in total. The number of hydrogen-bond acceptors (Lipinski definition) is 3. The molecule has 2 saturated heterocycles. The summed E-state index contributed by atoms with van der Waals surface area (Å²) in [7, 11) is 0. The number of halogens is 3. The van der Waals surface area contributed by atoms with Crippen molar-refractivity contribution in [1.29, 1.82) is 0 Å². The summed E-state index contributed by atoms with van der Waals surface area (Å²) in [6.45, 7) is 5.78. The molecule has 0 aliphatic carbocycles. The van der Waals surface area contributed by atoms with E-state index in [0.29, 0.717) is 31.9 Å². The lowest BCUT2D eigenvalue weighted by Gasteiger charge is -2.42. The van der Waals surface area contributed by atoms with Gasteiger partial charge < -0.3 is 9.64 Å². The van der Waals surface area contributed by atoms with Crippen molar-refractivity contribution in [2.45, 2.75) is 38.8 Å². The quantitative estimate of drug-likeness (QED) is 0.829. The first kappa shape index (κ1) is 17.2. The van der Waals surface area contributed by atoms with E-state index in [2.05, 4.69) is 4.98 Å². The van der Waals surface area contributed by atoms with Crippen molar-refractivity contribution in [3.05, 3.63) is 29.1 Å². The molecule has 0 radical (unpaired) electrons. The summed E-state index contributed by atoms with van der Waals surface area (Å²) in [6, 6.07) is 1.11. The predicted molar refractivity (Wildman–Crippen MR) is 81.5 cm³/mol. The average molecular weight is 342 g/mol. The number of alkyl halides is 3. The molecule has 2 aliphatic rings. The summed E-state index contributed by atoms with van der Waals surface area (Å²) < 4.78 is 43.3. The number of nitrogens with zero attached hydrogens (tertiary/aromatic N) is 2. The number of amides is 1. The van der Waals surface area contributed by atoms with Gasteiger partial charge in [-0.3, -0.25) is 9.78 Å². The number of carbonyl (C=O) groups excluding carboxylic acids is 1. The molecular formula is C17H21F3N2O2. The molecule has 24 heavy (non-hydrogen) atoms. The lowest BCUT2D eigenvalue weighted by molar-refractivity contribution is -0.169. The van der Waals surface area contributed by atoms with E-state index >= 15 is 0 Å². The molecule has 3 heterocycles. The fourth-order valence-electron chi connectivity index (χ4n) is 3.46. The predicted octanol–water partition coefficient (Wildman–Crippen LogP) is 3.15. The number of rotatable bonds is 2. The van der Waals surface area contributed by atoms with Crippen LogP contribution in [0.5, 0.6) is 0 Å². The Morgan fingerprint density at radius 1 is 1.33 bits per heavy atom. The van der Waals surface area contributed by atoms with Crippen molar-refractivity contribution < 1.29 is 22.7 Å². The largest absolute Gasteiger partial charge is 0.433 e. The van der Waals surface area contributed by atoms with E-state index in [-0.39, 0.29) is 11.8 Å². The van der Waals surface area contributed by atoms with Crippen molar-refractivity contribution in [2.24, 2.45) is 5.41 Å². The van der Waals surface area contributed by atoms with Crippen molar-refractivity contribution in [2.75, 3.05) is 26.3 Å². The molecule has 2 fully saturated rings. The van der Waals surface area contributed by atoms with Gasteiger partial charge in [-0.15, -0.1) is 0 Å². The summed E-state index contributed by atoms with van der Waals surface area (Å²) in [4.78, 5) is 17.9. The molecule has 7 heteroatoms. The number of aryl methyl sites for hydroxylation is 1. The molecule has 3 rings (SSSR count). The van der Waals surface area contributed by atoms with Crippen LogP contribution < -0.4 is 0 Å². The third-order valence-corrected chi connectivity index (χ3v) is 5.02. The fraction of sp³-hybridized carbons (Fsp3) is 0.647. The van der Waals surface area contributed by atoms with Gasteiger partial charge in [-0.2, -0.15) is 13.2 Å². The minimum Gasteiger partial charge on any atom is -0.379 e. The van der Waals surface area contributed by atoms with Gasteiger partial charge in [0.05, 0.1) is 18.6 Å². The first-order valence-electron chi connectivity index (χ1n) is 8.11. The Labute approximate surface area is 139 Å². The summed E-state index contributed by atoms with van der Waals surface area (Å²) in [5.74, 6) is 0.267. The van der Waals surface area contributed by atoms with E-state index in [9.17, 15) is 18.0 Å². The average Bonchev–Trinajstić information content (AvgIpc) is 2.51. The zero-order valence-electron chi connectivity index (χ0n) is 13.8. The Bertz CT molecular complexity index is 633. The molecule has 0 atom stereocenters. The number of piperidine rings is 1. The lowest BCUT2D eigenvalue weighted by Crippen LogP contribution is -2.54. The minimum atomic E-state index is -4.42. The molecule has 0 N–H and O–H groups in total. The van der Waals surface area contributed by atoms with E-state index in [1.807, 2.05) is 11.8 Å². The molecule has 1 aromatic heterocycles.